The molecule has 0 spiro atoms. The molecule has 2 nitrogen and oxygen atoms in total. The highest BCUT2D eigenvalue weighted by molar-refractivity contribution is 5.79. The van der Waals surface area contributed by atoms with Gasteiger partial charge in [0.2, 0.25) is 0 Å². The van der Waals surface area contributed by atoms with Crippen molar-refractivity contribution in [2.24, 2.45) is 0 Å². The molecule has 1 amide bonds. The maximum absolute atomic E-state index is 12.4. The molecule has 92 valence electrons. The summed E-state index contributed by atoms with van der Waals surface area (Å²) in [5, 5.41) is 0. The van der Waals surface area contributed by atoms with Gasteiger partial charge in [-0.1, -0.05) is 30.3 Å². The predicted octanol–water partition coefficient (Wildman–Crippen LogP) is 2.49. The van der Waals surface area contributed by atoms with Gasteiger partial charge in [0.15, 0.2) is 0 Å². The van der Waals surface area contributed by atoms with Crippen molar-refractivity contribution in [1.82, 2.24) is 4.90 Å². The Morgan fingerprint density at radius 3 is 2.71 bits per heavy atom. The largest absolute Gasteiger partial charge is 0.334 e. The van der Waals surface area contributed by atoms with Crippen LogP contribution in [0.4, 0.5) is 8.78 Å². The van der Waals surface area contributed by atoms with Crippen molar-refractivity contribution in [2.75, 3.05) is 6.54 Å². The third kappa shape index (κ3) is 2.81. The van der Waals surface area contributed by atoms with Crippen LogP contribution >= 0.6 is 0 Å². The molecule has 0 aromatic heterocycles. The summed E-state index contributed by atoms with van der Waals surface area (Å²) in [5.74, 6) is -1.02. The van der Waals surface area contributed by atoms with E-state index in [-0.39, 0.29) is 6.04 Å². The molecule has 1 aromatic rings. The van der Waals surface area contributed by atoms with E-state index in [0.29, 0.717) is 13.0 Å². The Morgan fingerprint density at radius 1 is 1.35 bits per heavy atom. The van der Waals surface area contributed by atoms with Gasteiger partial charge in [-0.25, -0.2) is 0 Å². The summed E-state index contributed by atoms with van der Waals surface area (Å²) in [6.07, 6.45) is -0.589. The third-order valence-electron chi connectivity index (χ3n) is 3.16. The third-order valence-corrected chi connectivity index (χ3v) is 3.16. The molecule has 0 bridgehead atoms. The molecule has 0 N–H and O–H groups in total. The van der Waals surface area contributed by atoms with Crippen LogP contribution in [0.1, 0.15) is 18.4 Å². The lowest BCUT2D eigenvalue weighted by molar-refractivity contribution is -0.143. The lowest BCUT2D eigenvalue weighted by atomic mass is 10.0. The molecule has 1 fully saturated rings. The first-order chi connectivity index (χ1) is 8.18. The zero-order valence-electron chi connectivity index (χ0n) is 9.48. The average molecular weight is 239 g/mol. The number of alkyl halides is 2. The van der Waals surface area contributed by atoms with Gasteiger partial charge < -0.3 is 4.90 Å². The number of benzene rings is 1. The summed E-state index contributed by atoms with van der Waals surface area (Å²) in [7, 11) is 0. The molecule has 0 radical (unpaired) electrons. The molecular weight excluding hydrogens is 224 g/mol. The van der Waals surface area contributed by atoms with E-state index in [1.807, 2.05) is 30.3 Å². The fourth-order valence-electron chi connectivity index (χ4n) is 2.35. The number of carbonyl (C=O) groups excluding carboxylic acids is 1. The quantitative estimate of drug-likeness (QED) is 0.793. The first-order valence-electron chi connectivity index (χ1n) is 5.81. The lowest BCUT2D eigenvalue weighted by Crippen LogP contribution is -2.40. The van der Waals surface area contributed by atoms with Crippen molar-refractivity contribution in [3.8, 4) is 0 Å². The molecule has 17 heavy (non-hydrogen) atoms. The highest BCUT2D eigenvalue weighted by atomic mass is 19.3. The molecule has 1 heterocycles. The van der Waals surface area contributed by atoms with Gasteiger partial charge >= 0.3 is 6.43 Å². The predicted molar refractivity (Wildman–Crippen MR) is 60.9 cm³/mol. The topological polar surface area (TPSA) is 20.3 Å². The molecular formula is C13H15F2NO. The van der Waals surface area contributed by atoms with Gasteiger partial charge in [0.25, 0.3) is 5.91 Å². The molecule has 1 aliphatic rings. The van der Waals surface area contributed by atoms with E-state index in [4.69, 9.17) is 0 Å². The fraction of sp³-hybridized carbons (Fsp3) is 0.462. The van der Waals surface area contributed by atoms with Crippen LogP contribution in [0.25, 0.3) is 0 Å². The Labute approximate surface area is 99.2 Å². The number of halogens is 2. The van der Waals surface area contributed by atoms with Gasteiger partial charge in [-0.15, -0.1) is 0 Å². The van der Waals surface area contributed by atoms with Crippen LogP contribution in [0.2, 0.25) is 0 Å². The number of nitrogens with zero attached hydrogens (tertiary/aromatic N) is 1. The summed E-state index contributed by atoms with van der Waals surface area (Å²) in [5.41, 5.74) is 1.09. The van der Waals surface area contributed by atoms with Crippen LogP contribution in [0, 0.1) is 0 Å². The minimum Gasteiger partial charge on any atom is -0.334 e. The number of hydrogen-bond acceptors (Lipinski definition) is 1. The average Bonchev–Trinajstić information content (AvgIpc) is 2.77. The van der Waals surface area contributed by atoms with Gasteiger partial charge in [-0.05, 0) is 24.8 Å². The summed E-state index contributed by atoms with van der Waals surface area (Å²) >= 11 is 0. The second kappa shape index (κ2) is 5.25. The lowest BCUT2D eigenvalue weighted by Gasteiger charge is -2.24. The van der Waals surface area contributed by atoms with Gasteiger partial charge in [-0.2, -0.15) is 8.78 Å². The highest BCUT2D eigenvalue weighted by Crippen LogP contribution is 2.22. The zero-order valence-corrected chi connectivity index (χ0v) is 9.48. The smallest absolute Gasteiger partial charge is 0.315 e. The van der Waals surface area contributed by atoms with Crippen LogP contribution in [-0.2, 0) is 11.2 Å². The monoisotopic (exact) mass is 239 g/mol. The van der Waals surface area contributed by atoms with Crippen molar-refractivity contribution in [3.05, 3.63) is 35.9 Å². The van der Waals surface area contributed by atoms with Crippen LogP contribution < -0.4 is 0 Å². The summed E-state index contributed by atoms with van der Waals surface area (Å²) in [6, 6.07) is 9.61. The zero-order chi connectivity index (χ0) is 12.3. The molecule has 0 saturated carbocycles. The normalized spacial score (nSPS) is 19.9. The number of rotatable bonds is 3. The molecule has 4 heteroatoms. The Hall–Kier alpha value is -1.45. The first-order valence-corrected chi connectivity index (χ1v) is 5.81. The van der Waals surface area contributed by atoms with E-state index in [0.717, 1.165) is 18.4 Å². The minimum atomic E-state index is -2.88. The number of amides is 1. The number of hydrogen-bond donors (Lipinski definition) is 0. The molecule has 1 aliphatic heterocycles. The SMILES string of the molecule is O=C(C(F)F)N1CCCC1Cc1ccccc1. The van der Waals surface area contributed by atoms with Crippen molar-refractivity contribution < 1.29 is 13.6 Å². The van der Waals surface area contributed by atoms with Crippen LogP contribution in [0.15, 0.2) is 30.3 Å². The van der Waals surface area contributed by atoms with Crippen LogP contribution in [-0.4, -0.2) is 29.8 Å². The molecule has 1 unspecified atom stereocenters. The summed E-state index contributed by atoms with van der Waals surface area (Å²) < 4.78 is 24.8. The second-order valence-electron chi connectivity index (χ2n) is 4.32. The van der Waals surface area contributed by atoms with Gasteiger partial charge in [0.05, 0.1) is 0 Å². The molecule has 2 rings (SSSR count). The highest BCUT2D eigenvalue weighted by Gasteiger charge is 2.32. The maximum Gasteiger partial charge on any atom is 0.315 e. The maximum atomic E-state index is 12.4. The van der Waals surface area contributed by atoms with E-state index in [9.17, 15) is 13.6 Å². The van der Waals surface area contributed by atoms with Crippen molar-refractivity contribution in [3.63, 3.8) is 0 Å². The first kappa shape index (κ1) is 12.0. The fourth-order valence-corrected chi connectivity index (χ4v) is 2.35. The number of carbonyl (C=O) groups is 1. The summed E-state index contributed by atoms with van der Waals surface area (Å²) in [6.45, 7) is 0.459. The van der Waals surface area contributed by atoms with E-state index < -0.39 is 12.3 Å². The van der Waals surface area contributed by atoms with Crippen LogP contribution in [0.3, 0.4) is 0 Å². The Kier molecular flexibility index (Phi) is 3.71. The van der Waals surface area contributed by atoms with Gasteiger partial charge in [-0.3, -0.25) is 4.79 Å². The van der Waals surface area contributed by atoms with Gasteiger partial charge in [0.1, 0.15) is 0 Å². The molecule has 1 aromatic carbocycles. The molecule has 0 aliphatic carbocycles. The standard InChI is InChI=1S/C13H15F2NO/c14-12(15)13(17)16-8-4-7-11(16)9-10-5-2-1-3-6-10/h1-3,5-6,11-12H,4,7-9H2. The van der Waals surface area contributed by atoms with Crippen molar-refractivity contribution >= 4 is 5.91 Å². The Balaban J connectivity index is 2.03. The number of likely N-dealkylation sites (tertiary alicyclic amines) is 1. The van der Waals surface area contributed by atoms with E-state index in [1.54, 1.807) is 0 Å². The van der Waals surface area contributed by atoms with E-state index in [2.05, 4.69) is 0 Å². The van der Waals surface area contributed by atoms with E-state index in [1.165, 1.54) is 4.90 Å². The van der Waals surface area contributed by atoms with Gasteiger partial charge in [0, 0.05) is 12.6 Å². The van der Waals surface area contributed by atoms with Crippen molar-refractivity contribution in [2.45, 2.75) is 31.7 Å². The molecule has 1 saturated heterocycles. The van der Waals surface area contributed by atoms with Crippen molar-refractivity contribution in [1.29, 1.82) is 0 Å². The van der Waals surface area contributed by atoms with E-state index >= 15 is 0 Å². The summed E-state index contributed by atoms with van der Waals surface area (Å²) in [4.78, 5) is 12.7. The second-order valence-corrected chi connectivity index (χ2v) is 4.32. The van der Waals surface area contributed by atoms with Crippen LogP contribution in [0.5, 0.6) is 0 Å². The molecule has 1 atom stereocenters. The Morgan fingerprint density at radius 2 is 2.06 bits per heavy atom. The minimum absolute atomic E-state index is 0.0705. The Bertz CT molecular complexity index is 380.